The van der Waals surface area contributed by atoms with Crippen LogP contribution < -0.4 is 5.32 Å². The number of hydrogen-bond donors (Lipinski definition) is 1. The molecular formula is C21H22N6O2. The molecule has 29 heavy (non-hydrogen) atoms. The third kappa shape index (κ3) is 4.31. The maximum absolute atomic E-state index is 12.1. The van der Waals surface area contributed by atoms with Gasteiger partial charge < -0.3 is 9.73 Å². The number of nitrogens with zero attached hydrogens (tertiary/aromatic N) is 5. The molecule has 0 saturated heterocycles. The van der Waals surface area contributed by atoms with Gasteiger partial charge in [0, 0.05) is 30.2 Å². The van der Waals surface area contributed by atoms with Gasteiger partial charge in [-0.15, -0.1) is 10.2 Å². The number of fused-ring (bicyclic) bond motifs is 1. The Hall–Kier alpha value is -3.55. The fourth-order valence-electron chi connectivity index (χ4n) is 3.26. The summed E-state index contributed by atoms with van der Waals surface area (Å²) in [6.07, 6.45) is 2.83. The molecule has 8 heteroatoms. The maximum atomic E-state index is 12.1. The van der Waals surface area contributed by atoms with E-state index in [4.69, 9.17) is 4.42 Å². The predicted octanol–water partition coefficient (Wildman–Crippen LogP) is 3.19. The van der Waals surface area contributed by atoms with Crippen molar-refractivity contribution < 1.29 is 9.21 Å². The van der Waals surface area contributed by atoms with Crippen molar-refractivity contribution in [2.45, 2.75) is 39.8 Å². The van der Waals surface area contributed by atoms with E-state index in [1.165, 1.54) is 0 Å². The van der Waals surface area contributed by atoms with Crippen molar-refractivity contribution in [1.82, 2.24) is 30.3 Å². The van der Waals surface area contributed by atoms with Crippen LogP contribution in [0.25, 0.3) is 22.4 Å². The monoisotopic (exact) mass is 390 g/mol. The minimum atomic E-state index is -0.0606. The Morgan fingerprint density at radius 1 is 1.17 bits per heavy atom. The van der Waals surface area contributed by atoms with Gasteiger partial charge in [0.2, 0.25) is 11.8 Å². The molecule has 3 heterocycles. The first-order valence-electron chi connectivity index (χ1n) is 9.54. The van der Waals surface area contributed by atoms with Crippen molar-refractivity contribution in [2.24, 2.45) is 0 Å². The number of rotatable bonds is 7. The van der Waals surface area contributed by atoms with Gasteiger partial charge in [-0.1, -0.05) is 24.3 Å². The average molecular weight is 390 g/mol. The van der Waals surface area contributed by atoms with Gasteiger partial charge in [-0.2, -0.15) is 5.10 Å². The number of amides is 1. The number of carbonyl (C=O) groups excluding carboxylic acids is 1. The van der Waals surface area contributed by atoms with Crippen molar-refractivity contribution in [3.05, 3.63) is 59.9 Å². The molecule has 1 N–H and O–H groups in total. The van der Waals surface area contributed by atoms with Gasteiger partial charge in [0.25, 0.3) is 5.89 Å². The van der Waals surface area contributed by atoms with Gasteiger partial charge in [0.15, 0.2) is 0 Å². The summed E-state index contributed by atoms with van der Waals surface area (Å²) >= 11 is 0. The SMILES string of the molecule is Cc1cc(C)n(CCCC(=O)NCc2nnc(-c3nccc4ccccc34)o2)n1. The molecule has 0 bridgehead atoms. The lowest BCUT2D eigenvalue weighted by Gasteiger charge is -2.05. The molecule has 8 nitrogen and oxygen atoms in total. The Morgan fingerprint density at radius 2 is 2.03 bits per heavy atom. The zero-order valence-corrected chi connectivity index (χ0v) is 16.4. The van der Waals surface area contributed by atoms with Crippen LogP contribution in [-0.4, -0.2) is 30.9 Å². The van der Waals surface area contributed by atoms with E-state index in [0.29, 0.717) is 36.9 Å². The molecule has 0 spiro atoms. The smallest absolute Gasteiger partial charge is 0.266 e. The van der Waals surface area contributed by atoms with Crippen molar-refractivity contribution in [3.63, 3.8) is 0 Å². The maximum Gasteiger partial charge on any atom is 0.266 e. The Kier molecular flexibility index (Phi) is 5.33. The molecule has 0 unspecified atom stereocenters. The molecule has 3 aromatic heterocycles. The highest BCUT2D eigenvalue weighted by molar-refractivity contribution is 5.92. The molecule has 0 radical (unpaired) electrons. The van der Waals surface area contributed by atoms with Crippen LogP contribution in [0.5, 0.6) is 0 Å². The predicted molar refractivity (Wildman–Crippen MR) is 108 cm³/mol. The summed E-state index contributed by atoms with van der Waals surface area (Å²) in [6, 6.07) is 11.8. The first kappa shape index (κ1) is 18.8. The highest BCUT2D eigenvalue weighted by Gasteiger charge is 2.13. The summed E-state index contributed by atoms with van der Waals surface area (Å²) in [7, 11) is 0. The number of pyridine rings is 1. The van der Waals surface area contributed by atoms with E-state index in [9.17, 15) is 4.79 Å². The lowest BCUT2D eigenvalue weighted by molar-refractivity contribution is -0.121. The molecule has 0 saturated carbocycles. The number of benzene rings is 1. The summed E-state index contributed by atoms with van der Waals surface area (Å²) in [5, 5.41) is 17.3. The molecule has 0 atom stereocenters. The van der Waals surface area contributed by atoms with Crippen LogP contribution in [-0.2, 0) is 17.9 Å². The Balaban J connectivity index is 1.32. The standard InChI is InChI=1S/C21H22N6O2/c1-14-12-15(2)27(26-14)11-5-8-18(28)23-13-19-24-25-21(29-19)20-17-7-4-3-6-16(17)9-10-22-20/h3-4,6-7,9-10,12H,5,8,11,13H2,1-2H3,(H,23,28). The number of carbonyl (C=O) groups is 1. The number of nitrogens with one attached hydrogen (secondary N) is 1. The lowest BCUT2D eigenvalue weighted by atomic mass is 10.1. The van der Waals surface area contributed by atoms with Crippen molar-refractivity contribution in [2.75, 3.05) is 0 Å². The van der Waals surface area contributed by atoms with E-state index in [0.717, 1.165) is 22.2 Å². The summed E-state index contributed by atoms with van der Waals surface area (Å²) < 4.78 is 7.63. The number of hydrogen-bond acceptors (Lipinski definition) is 6. The lowest BCUT2D eigenvalue weighted by Crippen LogP contribution is -2.23. The van der Waals surface area contributed by atoms with Crippen LogP contribution in [0.1, 0.15) is 30.1 Å². The van der Waals surface area contributed by atoms with Gasteiger partial charge >= 0.3 is 0 Å². The third-order valence-corrected chi connectivity index (χ3v) is 4.66. The third-order valence-electron chi connectivity index (χ3n) is 4.66. The van der Waals surface area contributed by atoms with Crippen LogP contribution in [0.2, 0.25) is 0 Å². The summed E-state index contributed by atoms with van der Waals surface area (Å²) in [4.78, 5) is 16.5. The first-order valence-corrected chi connectivity index (χ1v) is 9.54. The molecule has 0 aliphatic carbocycles. The van der Waals surface area contributed by atoms with Crippen LogP contribution >= 0.6 is 0 Å². The molecule has 148 valence electrons. The quantitative estimate of drug-likeness (QED) is 0.520. The fourth-order valence-corrected chi connectivity index (χ4v) is 3.26. The molecule has 0 aliphatic rings. The van der Waals surface area contributed by atoms with E-state index in [1.54, 1.807) is 6.20 Å². The van der Waals surface area contributed by atoms with Gasteiger partial charge in [0.05, 0.1) is 12.2 Å². The molecule has 1 aromatic carbocycles. The second-order valence-electron chi connectivity index (χ2n) is 6.91. The highest BCUT2D eigenvalue weighted by atomic mass is 16.4. The van der Waals surface area contributed by atoms with Crippen molar-refractivity contribution in [1.29, 1.82) is 0 Å². The van der Waals surface area contributed by atoms with Gasteiger partial charge in [-0.25, -0.2) is 0 Å². The van der Waals surface area contributed by atoms with Gasteiger partial charge in [-0.05, 0) is 37.8 Å². The number of aromatic nitrogens is 5. The Bertz CT molecular complexity index is 1140. The van der Waals surface area contributed by atoms with Crippen LogP contribution in [0.15, 0.2) is 47.0 Å². The summed E-state index contributed by atoms with van der Waals surface area (Å²) in [5.41, 5.74) is 2.72. The minimum absolute atomic E-state index is 0.0606. The van der Waals surface area contributed by atoms with E-state index >= 15 is 0 Å². The molecule has 0 aliphatic heterocycles. The highest BCUT2D eigenvalue weighted by Crippen LogP contribution is 2.25. The molecule has 0 fully saturated rings. The average Bonchev–Trinajstić information content (AvgIpc) is 3.32. The second kappa shape index (κ2) is 8.22. The second-order valence-corrected chi connectivity index (χ2v) is 6.91. The minimum Gasteiger partial charge on any atom is -0.417 e. The van der Waals surface area contributed by atoms with Crippen LogP contribution in [0.4, 0.5) is 0 Å². The van der Waals surface area contributed by atoms with E-state index in [-0.39, 0.29) is 12.5 Å². The van der Waals surface area contributed by atoms with E-state index in [1.807, 2.05) is 54.9 Å². The summed E-state index contributed by atoms with van der Waals surface area (Å²) in [6.45, 7) is 4.88. The molecular weight excluding hydrogens is 368 g/mol. The normalized spacial score (nSPS) is 11.1. The molecule has 1 amide bonds. The van der Waals surface area contributed by atoms with Crippen molar-refractivity contribution >= 4 is 16.7 Å². The van der Waals surface area contributed by atoms with Crippen LogP contribution in [0.3, 0.4) is 0 Å². The fraction of sp³-hybridized carbons (Fsp3) is 0.286. The van der Waals surface area contributed by atoms with Crippen LogP contribution in [0, 0.1) is 13.8 Å². The Morgan fingerprint density at radius 3 is 2.86 bits per heavy atom. The Labute approximate surface area is 168 Å². The zero-order valence-electron chi connectivity index (χ0n) is 16.4. The van der Waals surface area contributed by atoms with Crippen molar-refractivity contribution in [3.8, 4) is 11.6 Å². The van der Waals surface area contributed by atoms with E-state index in [2.05, 4.69) is 25.6 Å². The van der Waals surface area contributed by atoms with E-state index < -0.39 is 0 Å². The topological polar surface area (TPSA) is 98.7 Å². The summed E-state index contributed by atoms with van der Waals surface area (Å²) in [5.74, 6) is 0.631. The van der Waals surface area contributed by atoms with Gasteiger partial charge in [-0.3, -0.25) is 14.5 Å². The largest absolute Gasteiger partial charge is 0.417 e. The number of aryl methyl sites for hydroxylation is 3. The molecule has 4 rings (SSSR count). The van der Waals surface area contributed by atoms with Gasteiger partial charge in [0.1, 0.15) is 5.69 Å². The molecule has 4 aromatic rings. The zero-order chi connectivity index (χ0) is 20.2. The first-order chi connectivity index (χ1) is 14.1.